The fourth-order valence-electron chi connectivity index (χ4n) is 2.35. The Morgan fingerprint density at radius 3 is 1.50 bits per heavy atom. The van der Waals surface area contributed by atoms with Crippen LogP contribution >= 0.6 is 0 Å². The summed E-state index contributed by atoms with van der Waals surface area (Å²) in [4.78, 5) is 0. The first-order valence-corrected chi connectivity index (χ1v) is 7.96. The predicted octanol–water partition coefficient (Wildman–Crippen LogP) is 5.11. The second-order valence-electron chi connectivity index (χ2n) is 5.45. The number of hydrogen-bond donors (Lipinski definition) is 3. The van der Waals surface area contributed by atoms with Gasteiger partial charge in [-0.15, -0.1) is 0 Å². The maximum absolute atomic E-state index is 9.58. The third kappa shape index (κ3) is 4.78. The largest absolute Gasteiger partial charge is 0.508 e. The Kier molecular flexibility index (Phi) is 6.26. The standard InChI is InChI=1S/C12H10O2.C9H12O/c13-11-7-3-1-5-9(11)10-6-2-4-8-12(10)14;1-2-3-8-4-6-9(10)7-5-8/h1-8,13-14H;4-7,10H,2-3H2,1H3. The molecule has 0 aliphatic rings. The lowest BCUT2D eigenvalue weighted by Crippen LogP contribution is -1.79. The van der Waals surface area contributed by atoms with Gasteiger partial charge in [-0.2, -0.15) is 0 Å². The van der Waals surface area contributed by atoms with Crippen LogP contribution in [0.2, 0.25) is 0 Å². The summed E-state index contributed by atoms with van der Waals surface area (Å²) in [6.07, 6.45) is 2.26. The van der Waals surface area contributed by atoms with Crippen molar-refractivity contribution in [3.8, 4) is 28.4 Å². The number of hydrogen-bond acceptors (Lipinski definition) is 3. The highest BCUT2D eigenvalue weighted by atomic mass is 16.3. The van der Waals surface area contributed by atoms with Gasteiger partial charge in [0.15, 0.2) is 0 Å². The van der Waals surface area contributed by atoms with Gasteiger partial charge >= 0.3 is 0 Å². The molecule has 3 N–H and O–H groups in total. The summed E-state index contributed by atoms with van der Waals surface area (Å²) in [5.41, 5.74) is 2.58. The lowest BCUT2D eigenvalue weighted by atomic mass is 10.0. The molecule has 0 bridgehead atoms. The minimum Gasteiger partial charge on any atom is -0.508 e. The Balaban J connectivity index is 0.000000185. The summed E-state index contributed by atoms with van der Waals surface area (Å²) in [7, 11) is 0. The molecule has 3 nitrogen and oxygen atoms in total. The summed E-state index contributed by atoms with van der Waals surface area (Å²) in [5.74, 6) is 0.697. The summed E-state index contributed by atoms with van der Waals surface area (Å²) in [6.45, 7) is 2.15. The molecular formula is C21H22O3. The van der Waals surface area contributed by atoms with Crippen LogP contribution in [-0.4, -0.2) is 15.3 Å². The molecule has 0 aliphatic carbocycles. The number of rotatable bonds is 3. The Bertz CT molecular complexity index is 721. The van der Waals surface area contributed by atoms with Crippen molar-refractivity contribution in [2.24, 2.45) is 0 Å². The van der Waals surface area contributed by atoms with E-state index < -0.39 is 0 Å². The van der Waals surface area contributed by atoms with E-state index in [0.717, 1.165) is 12.8 Å². The second kappa shape index (κ2) is 8.63. The number of aryl methyl sites for hydroxylation is 1. The van der Waals surface area contributed by atoms with Crippen LogP contribution in [0.15, 0.2) is 72.8 Å². The summed E-state index contributed by atoms with van der Waals surface area (Å²) in [6, 6.07) is 21.2. The first-order valence-electron chi connectivity index (χ1n) is 7.96. The third-order valence-corrected chi connectivity index (χ3v) is 3.57. The van der Waals surface area contributed by atoms with Gasteiger partial charge in [-0.1, -0.05) is 61.9 Å². The number of phenolic OH excluding ortho intramolecular Hbond substituents is 3. The van der Waals surface area contributed by atoms with E-state index in [1.165, 1.54) is 5.56 Å². The van der Waals surface area contributed by atoms with Crippen molar-refractivity contribution in [3.63, 3.8) is 0 Å². The summed E-state index contributed by atoms with van der Waals surface area (Å²) >= 11 is 0. The normalized spacial score (nSPS) is 9.88. The van der Waals surface area contributed by atoms with Gasteiger partial charge in [0.1, 0.15) is 17.2 Å². The van der Waals surface area contributed by atoms with Gasteiger partial charge in [-0.25, -0.2) is 0 Å². The number of aromatic hydroxyl groups is 3. The Morgan fingerprint density at radius 1 is 0.625 bits per heavy atom. The van der Waals surface area contributed by atoms with Crippen LogP contribution in [0.25, 0.3) is 11.1 Å². The molecule has 0 aliphatic heterocycles. The van der Waals surface area contributed by atoms with E-state index in [0.29, 0.717) is 16.9 Å². The van der Waals surface area contributed by atoms with Gasteiger partial charge in [0.05, 0.1) is 0 Å². The first-order chi connectivity index (χ1) is 11.6. The van der Waals surface area contributed by atoms with E-state index in [9.17, 15) is 10.2 Å². The topological polar surface area (TPSA) is 60.7 Å². The lowest BCUT2D eigenvalue weighted by Gasteiger charge is -2.05. The van der Waals surface area contributed by atoms with Crippen LogP contribution in [-0.2, 0) is 6.42 Å². The zero-order valence-electron chi connectivity index (χ0n) is 13.7. The van der Waals surface area contributed by atoms with Crippen molar-refractivity contribution in [3.05, 3.63) is 78.4 Å². The Morgan fingerprint density at radius 2 is 1.08 bits per heavy atom. The molecule has 3 aromatic carbocycles. The molecule has 0 saturated carbocycles. The molecule has 0 aromatic heterocycles. The minimum absolute atomic E-state index is 0.175. The van der Waals surface area contributed by atoms with E-state index in [-0.39, 0.29) is 11.5 Å². The monoisotopic (exact) mass is 322 g/mol. The number of phenols is 3. The zero-order valence-corrected chi connectivity index (χ0v) is 13.7. The lowest BCUT2D eigenvalue weighted by molar-refractivity contribution is 0.469. The molecular weight excluding hydrogens is 300 g/mol. The van der Waals surface area contributed by atoms with Crippen LogP contribution in [0.3, 0.4) is 0 Å². The van der Waals surface area contributed by atoms with Crippen molar-refractivity contribution < 1.29 is 15.3 Å². The highest BCUT2D eigenvalue weighted by Gasteiger charge is 2.06. The van der Waals surface area contributed by atoms with Crippen LogP contribution < -0.4 is 0 Å². The molecule has 0 radical (unpaired) electrons. The molecule has 124 valence electrons. The molecule has 0 unspecified atom stereocenters. The molecule has 0 heterocycles. The zero-order chi connectivity index (χ0) is 17.4. The third-order valence-electron chi connectivity index (χ3n) is 3.57. The highest BCUT2D eigenvalue weighted by molar-refractivity contribution is 5.74. The average Bonchev–Trinajstić information content (AvgIpc) is 2.59. The molecule has 0 saturated heterocycles. The fraction of sp³-hybridized carbons (Fsp3) is 0.143. The maximum atomic E-state index is 9.58. The van der Waals surface area contributed by atoms with Crippen LogP contribution in [0.1, 0.15) is 18.9 Å². The van der Waals surface area contributed by atoms with Crippen LogP contribution in [0.4, 0.5) is 0 Å². The molecule has 0 fully saturated rings. The van der Waals surface area contributed by atoms with E-state index in [2.05, 4.69) is 6.92 Å². The van der Waals surface area contributed by atoms with Gasteiger partial charge in [0, 0.05) is 11.1 Å². The van der Waals surface area contributed by atoms with Gasteiger partial charge in [-0.05, 0) is 36.2 Å². The Labute approximate surface area is 142 Å². The number of benzene rings is 3. The van der Waals surface area contributed by atoms with Gasteiger partial charge in [0.2, 0.25) is 0 Å². The van der Waals surface area contributed by atoms with E-state index in [1.54, 1.807) is 48.5 Å². The molecule has 3 heteroatoms. The van der Waals surface area contributed by atoms with Crippen molar-refractivity contribution in [2.75, 3.05) is 0 Å². The smallest absolute Gasteiger partial charge is 0.123 e. The van der Waals surface area contributed by atoms with Gasteiger partial charge in [-0.3, -0.25) is 0 Å². The summed E-state index contributed by atoms with van der Waals surface area (Å²) < 4.78 is 0. The molecule has 0 atom stereocenters. The van der Waals surface area contributed by atoms with E-state index in [1.807, 2.05) is 24.3 Å². The van der Waals surface area contributed by atoms with E-state index in [4.69, 9.17) is 5.11 Å². The molecule has 3 aromatic rings. The minimum atomic E-state index is 0.175. The van der Waals surface area contributed by atoms with Gasteiger partial charge in [0.25, 0.3) is 0 Å². The first kappa shape index (κ1) is 17.4. The number of para-hydroxylation sites is 2. The quantitative estimate of drug-likeness (QED) is 0.628. The van der Waals surface area contributed by atoms with E-state index >= 15 is 0 Å². The van der Waals surface area contributed by atoms with Crippen molar-refractivity contribution in [1.82, 2.24) is 0 Å². The molecule has 24 heavy (non-hydrogen) atoms. The molecule has 3 rings (SSSR count). The van der Waals surface area contributed by atoms with Crippen LogP contribution in [0.5, 0.6) is 17.2 Å². The predicted molar refractivity (Wildman–Crippen MR) is 97.3 cm³/mol. The van der Waals surface area contributed by atoms with Crippen molar-refractivity contribution in [2.45, 2.75) is 19.8 Å². The van der Waals surface area contributed by atoms with Gasteiger partial charge < -0.3 is 15.3 Å². The van der Waals surface area contributed by atoms with Crippen molar-refractivity contribution in [1.29, 1.82) is 0 Å². The SMILES string of the molecule is CCCc1ccc(O)cc1.Oc1ccccc1-c1ccccc1O. The highest BCUT2D eigenvalue weighted by Crippen LogP contribution is 2.34. The van der Waals surface area contributed by atoms with Crippen molar-refractivity contribution >= 4 is 0 Å². The average molecular weight is 322 g/mol. The van der Waals surface area contributed by atoms with Crippen LogP contribution in [0, 0.1) is 0 Å². The fourth-order valence-corrected chi connectivity index (χ4v) is 2.35. The molecule has 0 amide bonds. The summed E-state index contributed by atoms with van der Waals surface area (Å²) in [5, 5.41) is 28.1. The Hall–Kier alpha value is -2.94. The maximum Gasteiger partial charge on any atom is 0.123 e. The second-order valence-corrected chi connectivity index (χ2v) is 5.45. The molecule has 0 spiro atoms.